The summed E-state index contributed by atoms with van der Waals surface area (Å²) >= 11 is 12.0. The van der Waals surface area contributed by atoms with Gasteiger partial charge >= 0.3 is 5.97 Å². The Morgan fingerprint density at radius 2 is 1.73 bits per heavy atom. The van der Waals surface area contributed by atoms with E-state index in [0.29, 0.717) is 29.4 Å². The van der Waals surface area contributed by atoms with Crippen LogP contribution in [0.4, 0.5) is 0 Å². The van der Waals surface area contributed by atoms with Gasteiger partial charge in [0, 0.05) is 16.1 Å². The van der Waals surface area contributed by atoms with Crippen molar-refractivity contribution in [3.05, 3.63) is 69.2 Å². The van der Waals surface area contributed by atoms with Gasteiger partial charge in [-0.05, 0) is 24.3 Å². The van der Waals surface area contributed by atoms with E-state index in [-0.39, 0.29) is 10.6 Å². The van der Waals surface area contributed by atoms with Crippen LogP contribution in [0.5, 0.6) is 0 Å². The Balaban J connectivity index is 2.16. The Bertz CT molecular complexity index is 724. The van der Waals surface area contributed by atoms with Gasteiger partial charge in [0.05, 0.1) is 23.8 Å². The summed E-state index contributed by atoms with van der Waals surface area (Å²) in [5.74, 6) is -2.27. The minimum atomic E-state index is -1.17. The number of carboxylic acids is 1. The van der Waals surface area contributed by atoms with E-state index in [0.717, 1.165) is 0 Å². The lowest BCUT2D eigenvalue weighted by molar-refractivity contribution is -0.129. The van der Waals surface area contributed by atoms with E-state index >= 15 is 0 Å². The summed E-state index contributed by atoms with van der Waals surface area (Å²) < 4.78 is 11.7. The highest BCUT2D eigenvalue weighted by molar-refractivity contribution is 6.33. The zero-order valence-corrected chi connectivity index (χ0v) is 12.9. The van der Waals surface area contributed by atoms with Crippen LogP contribution in [0.3, 0.4) is 0 Å². The number of halogens is 2. The van der Waals surface area contributed by atoms with E-state index in [1.807, 2.05) is 6.07 Å². The van der Waals surface area contributed by atoms with Gasteiger partial charge in [-0.3, -0.25) is 0 Å². The summed E-state index contributed by atoms with van der Waals surface area (Å²) in [5, 5.41) is 9.95. The number of ether oxygens (including phenoxy) is 2. The maximum Gasteiger partial charge on any atom is 0.337 e. The molecule has 0 unspecified atom stereocenters. The molecule has 0 aliphatic carbocycles. The van der Waals surface area contributed by atoms with Crippen molar-refractivity contribution in [2.45, 2.75) is 5.79 Å². The fourth-order valence-electron chi connectivity index (χ4n) is 2.50. The molecule has 1 aliphatic rings. The van der Waals surface area contributed by atoms with Gasteiger partial charge in [-0.25, -0.2) is 4.79 Å². The van der Waals surface area contributed by atoms with Crippen molar-refractivity contribution in [3.63, 3.8) is 0 Å². The van der Waals surface area contributed by atoms with Crippen molar-refractivity contribution in [1.82, 2.24) is 0 Å². The van der Waals surface area contributed by atoms with E-state index < -0.39 is 11.8 Å². The average molecular weight is 339 g/mol. The molecule has 1 saturated heterocycles. The van der Waals surface area contributed by atoms with Crippen LogP contribution >= 0.6 is 23.2 Å². The minimum absolute atomic E-state index is 0.000306. The third kappa shape index (κ3) is 2.59. The van der Waals surface area contributed by atoms with Gasteiger partial charge in [0.1, 0.15) is 0 Å². The van der Waals surface area contributed by atoms with Gasteiger partial charge in [0.15, 0.2) is 0 Å². The minimum Gasteiger partial charge on any atom is -0.478 e. The van der Waals surface area contributed by atoms with Crippen molar-refractivity contribution in [2.24, 2.45) is 0 Å². The van der Waals surface area contributed by atoms with Gasteiger partial charge < -0.3 is 14.6 Å². The van der Waals surface area contributed by atoms with Crippen LogP contribution in [0, 0.1) is 0 Å². The van der Waals surface area contributed by atoms with Crippen LogP contribution in [0.1, 0.15) is 21.5 Å². The third-order valence-corrected chi connectivity index (χ3v) is 4.04. The highest BCUT2D eigenvalue weighted by Crippen LogP contribution is 2.40. The second-order valence-electron chi connectivity index (χ2n) is 4.82. The van der Waals surface area contributed by atoms with Crippen LogP contribution in [0.2, 0.25) is 10.0 Å². The number of carboxylic acid groups (broad SMARTS) is 1. The number of aromatic carboxylic acids is 1. The Kier molecular flexibility index (Phi) is 4.10. The molecular weight excluding hydrogens is 327 g/mol. The van der Waals surface area contributed by atoms with E-state index in [1.165, 1.54) is 12.1 Å². The number of hydrogen-bond acceptors (Lipinski definition) is 3. The van der Waals surface area contributed by atoms with Gasteiger partial charge in [-0.15, -0.1) is 0 Å². The summed E-state index contributed by atoms with van der Waals surface area (Å²) in [5.41, 5.74) is 1.27. The molecule has 0 atom stereocenters. The average Bonchev–Trinajstić information content (AvgIpc) is 2.98. The summed E-state index contributed by atoms with van der Waals surface area (Å²) in [6.45, 7) is 0.801. The molecule has 6 heteroatoms. The molecule has 2 aromatic rings. The number of hydrogen-bond donors (Lipinski definition) is 1. The Morgan fingerprint density at radius 3 is 2.36 bits per heavy atom. The van der Waals surface area contributed by atoms with Crippen molar-refractivity contribution in [1.29, 1.82) is 0 Å². The Hall–Kier alpha value is -1.59. The summed E-state index contributed by atoms with van der Waals surface area (Å²) in [6, 6.07) is 11.8. The lowest BCUT2D eigenvalue weighted by atomic mass is 9.95. The third-order valence-electron chi connectivity index (χ3n) is 3.48. The van der Waals surface area contributed by atoms with E-state index in [4.69, 9.17) is 32.7 Å². The maximum atomic E-state index is 11.3. The maximum absolute atomic E-state index is 11.3. The molecule has 1 N–H and O–H groups in total. The fraction of sp³-hybridized carbons (Fsp3) is 0.188. The molecule has 4 nitrogen and oxygen atoms in total. The zero-order chi connectivity index (χ0) is 15.7. The molecule has 2 aromatic carbocycles. The smallest absolute Gasteiger partial charge is 0.337 e. The number of carbonyl (C=O) groups is 1. The monoisotopic (exact) mass is 338 g/mol. The fourth-order valence-corrected chi connectivity index (χ4v) is 2.89. The predicted molar refractivity (Wildman–Crippen MR) is 82.5 cm³/mol. The summed E-state index contributed by atoms with van der Waals surface area (Å²) in [7, 11) is 0. The first kappa shape index (κ1) is 15.3. The van der Waals surface area contributed by atoms with Gasteiger partial charge in [-0.2, -0.15) is 0 Å². The molecule has 3 rings (SSSR count). The predicted octanol–water partition coefficient (Wildman–Crippen LogP) is 3.94. The molecule has 1 fully saturated rings. The highest BCUT2D eigenvalue weighted by Gasteiger charge is 2.41. The first-order chi connectivity index (χ1) is 10.5. The van der Waals surface area contributed by atoms with Gasteiger partial charge in [0.2, 0.25) is 5.79 Å². The second-order valence-corrected chi connectivity index (χ2v) is 5.67. The van der Waals surface area contributed by atoms with Gasteiger partial charge in [-0.1, -0.05) is 41.4 Å². The lowest BCUT2D eigenvalue weighted by Crippen LogP contribution is -2.29. The summed E-state index contributed by atoms with van der Waals surface area (Å²) in [6.07, 6.45) is 0. The van der Waals surface area contributed by atoms with Crippen molar-refractivity contribution >= 4 is 29.2 Å². The van der Waals surface area contributed by atoms with Crippen LogP contribution in [0.15, 0.2) is 42.5 Å². The molecule has 114 valence electrons. The van der Waals surface area contributed by atoms with E-state index in [1.54, 1.807) is 24.3 Å². The summed E-state index contributed by atoms with van der Waals surface area (Å²) in [4.78, 5) is 11.3. The van der Waals surface area contributed by atoms with Gasteiger partial charge in [0.25, 0.3) is 0 Å². The molecule has 0 bridgehead atoms. The van der Waals surface area contributed by atoms with E-state index in [9.17, 15) is 9.90 Å². The quantitative estimate of drug-likeness (QED) is 0.920. The Labute approximate surface area is 137 Å². The van der Waals surface area contributed by atoms with Crippen LogP contribution < -0.4 is 0 Å². The van der Waals surface area contributed by atoms with Crippen molar-refractivity contribution in [2.75, 3.05) is 13.2 Å². The topological polar surface area (TPSA) is 55.8 Å². The molecule has 1 heterocycles. The first-order valence-electron chi connectivity index (χ1n) is 6.60. The molecule has 0 radical (unpaired) electrons. The standard InChI is InChI=1S/C16H12Cl2O4/c17-12-3-1-2-10(8-12)16(21-6-7-22-16)11-4-5-14(18)13(9-11)15(19)20/h1-5,8-9H,6-7H2,(H,19,20). The lowest BCUT2D eigenvalue weighted by Gasteiger charge is -2.29. The molecule has 0 amide bonds. The molecule has 1 aliphatic heterocycles. The molecule has 22 heavy (non-hydrogen) atoms. The normalized spacial score (nSPS) is 16.6. The first-order valence-corrected chi connectivity index (χ1v) is 7.36. The van der Waals surface area contributed by atoms with Crippen LogP contribution in [0.25, 0.3) is 0 Å². The number of benzene rings is 2. The largest absolute Gasteiger partial charge is 0.478 e. The molecular formula is C16H12Cl2O4. The van der Waals surface area contributed by atoms with Crippen LogP contribution in [-0.2, 0) is 15.3 Å². The molecule has 0 saturated carbocycles. The Morgan fingerprint density at radius 1 is 1.05 bits per heavy atom. The highest BCUT2D eigenvalue weighted by atomic mass is 35.5. The number of rotatable bonds is 3. The zero-order valence-electron chi connectivity index (χ0n) is 11.4. The van der Waals surface area contributed by atoms with Crippen LogP contribution in [-0.4, -0.2) is 24.3 Å². The van der Waals surface area contributed by atoms with Crippen molar-refractivity contribution < 1.29 is 19.4 Å². The SMILES string of the molecule is O=C(O)c1cc(C2(c3cccc(Cl)c3)OCCO2)ccc1Cl. The second kappa shape index (κ2) is 5.89. The molecule has 0 spiro atoms. The van der Waals surface area contributed by atoms with Crippen molar-refractivity contribution in [3.8, 4) is 0 Å². The van der Waals surface area contributed by atoms with E-state index in [2.05, 4.69) is 0 Å². The molecule has 0 aromatic heterocycles.